The third-order valence-electron chi connectivity index (χ3n) is 5.98. The van der Waals surface area contributed by atoms with Crippen molar-refractivity contribution >= 4 is 8.32 Å². The lowest BCUT2D eigenvalue weighted by atomic mass is 9.91. The molecule has 0 aliphatic heterocycles. The molecule has 2 rings (SSSR count). The van der Waals surface area contributed by atoms with Gasteiger partial charge in [-0.05, 0) is 82.3 Å². The second kappa shape index (κ2) is 7.00. The Morgan fingerprint density at radius 1 is 0.810 bits per heavy atom. The van der Waals surface area contributed by atoms with E-state index in [9.17, 15) is 0 Å². The first-order valence-electron chi connectivity index (χ1n) is 9.17. The maximum absolute atomic E-state index is 6.66. The van der Waals surface area contributed by atoms with Gasteiger partial charge in [0.25, 0.3) is 0 Å². The summed E-state index contributed by atoms with van der Waals surface area (Å²) in [5.74, 6) is 0. The van der Waals surface area contributed by atoms with Crippen LogP contribution in [0.1, 0.15) is 85.0 Å². The Labute approximate surface area is 133 Å². The van der Waals surface area contributed by atoms with Crippen LogP contribution in [0.15, 0.2) is 11.1 Å². The lowest BCUT2D eigenvalue weighted by Crippen LogP contribution is -2.44. The van der Waals surface area contributed by atoms with E-state index in [0.29, 0.717) is 11.1 Å². The standard InChI is InChI=1S/C19H36OSi/c1-19(2,3)21(4,5)20-18-14-8-12-17(13-9-15-18)16-10-6-7-11-16/h18H,6-15H2,1-5H3. The summed E-state index contributed by atoms with van der Waals surface area (Å²) < 4.78 is 6.66. The van der Waals surface area contributed by atoms with Gasteiger partial charge in [-0.25, -0.2) is 0 Å². The molecule has 21 heavy (non-hydrogen) atoms. The topological polar surface area (TPSA) is 9.23 Å². The fourth-order valence-electron chi connectivity index (χ4n) is 3.58. The molecular formula is C19H36OSi. The Hall–Kier alpha value is -0.0831. The van der Waals surface area contributed by atoms with Crippen LogP contribution in [0.25, 0.3) is 0 Å². The maximum Gasteiger partial charge on any atom is 0.192 e. The van der Waals surface area contributed by atoms with Crippen molar-refractivity contribution in [3.8, 4) is 0 Å². The van der Waals surface area contributed by atoms with Gasteiger partial charge >= 0.3 is 0 Å². The van der Waals surface area contributed by atoms with Crippen LogP contribution in [0.3, 0.4) is 0 Å². The van der Waals surface area contributed by atoms with Crippen LogP contribution >= 0.6 is 0 Å². The van der Waals surface area contributed by atoms with Crippen LogP contribution in [0, 0.1) is 0 Å². The molecule has 2 saturated carbocycles. The summed E-state index contributed by atoms with van der Waals surface area (Å²) in [5, 5.41) is 0.340. The third kappa shape index (κ3) is 4.69. The quantitative estimate of drug-likeness (QED) is 0.412. The number of rotatable bonds is 2. The third-order valence-corrected chi connectivity index (χ3v) is 10.5. The van der Waals surface area contributed by atoms with Gasteiger partial charge in [-0.3, -0.25) is 0 Å². The van der Waals surface area contributed by atoms with Crippen molar-refractivity contribution in [1.29, 1.82) is 0 Å². The molecule has 0 spiro atoms. The summed E-state index contributed by atoms with van der Waals surface area (Å²) in [7, 11) is -1.59. The molecular weight excluding hydrogens is 272 g/mol. The van der Waals surface area contributed by atoms with Crippen LogP contribution in [0.4, 0.5) is 0 Å². The van der Waals surface area contributed by atoms with Crippen LogP contribution < -0.4 is 0 Å². The highest BCUT2D eigenvalue weighted by Gasteiger charge is 2.39. The van der Waals surface area contributed by atoms with Gasteiger partial charge < -0.3 is 4.43 Å². The van der Waals surface area contributed by atoms with Gasteiger partial charge in [0.1, 0.15) is 0 Å². The smallest absolute Gasteiger partial charge is 0.192 e. The fourth-order valence-corrected chi connectivity index (χ4v) is 5.00. The maximum atomic E-state index is 6.66. The highest BCUT2D eigenvalue weighted by Crippen LogP contribution is 2.39. The summed E-state index contributed by atoms with van der Waals surface area (Å²) in [6.07, 6.45) is 14.2. The van der Waals surface area contributed by atoms with Crippen LogP contribution in [-0.2, 0) is 4.43 Å². The molecule has 0 aromatic rings. The van der Waals surface area contributed by atoms with Crippen molar-refractivity contribution in [1.82, 2.24) is 0 Å². The molecule has 2 aliphatic rings. The molecule has 0 aromatic heterocycles. The number of hydrogen-bond donors (Lipinski definition) is 0. The molecule has 0 saturated heterocycles. The number of hydrogen-bond acceptors (Lipinski definition) is 1. The zero-order chi connectivity index (χ0) is 15.5. The molecule has 0 radical (unpaired) electrons. The minimum Gasteiger partial charge on any atom is -0.414 e. The van der Waals surface area contributed by atoms with Gasteiger partial charge in [0.15, 0.2) is 8.32 Å². The molecule has 122 valence electrons. The zero-order valence-electron chi connectivity index (χ0n) is 15.1. The summed E-state index contributed by atoms with van der Waals surface area (Å²) in [6.45, 7) is 11.9. The highest BCUT2D eigenvalue weighted by atomic mass is 28.4. The van der Waals surface area contributed by atoms with Crippen molar-refractivity contribution in [2.75, 3.05) is 0 Å². The van der Waals surface area contributed by atoms with E-state index in [2.05, 4.69) is 33.9 Å². The van der Waals surface area contributed by atoms with Gasteiger partial charge in [-0.15, -0.1) is 0 Å². The van der Waals surface area contributed by atoms with Crippen LogP contribution in [0.2, 0.25) is 18.1 Å². The lowest BCUT2D eigenvalue weighted by Gasteiger charge is -2.40. The minimum atomic E-state index is -1.59. The Morgan fingerprint density at radius 3 is 1.67 bits per heavy atom. The molecule has 0 unspecified atom stereocenters. The molecule has 0 aromatic carbocycles. The zero-order valence-corrected chi connectivity index (χ0v) is 16.1. The van der Waals surface area contributed by atoms with E-state index in [1.807, 2.05) is 11.1 Å². The SMILES string of the molecule is CC(C)(C)[Si](C)(C)OC1CCCC(=C2CCCC2)CCC1. The Balaban J connectivity index is 1.89. The second-order valence-electron chi connectivity index (χ2n) is 8.70. The van der Waals surface area contributed by atoms with Crippen molar-refractivity contribution in [2.45, 2.75) is 109 Å². The van der Waals surface area contributed by atoms with E-state index < -0.39 is 8.32 Å². The van der Waals surface area contributed by atoms with E-state index in [4.69, 9.17) is 4.43 Å². The Morgan fingerprint density at radius 2 is 1.24 bits per heavy atom. The highest BCUT2D eigenvalue weighted by molar-refractivity contribution is 6.74. The van der Waals surface area contributed by atoms with Gasteiger partial charge in [0, 0.05) is 6.10 Å². The van der Waals surface area contributed by atoms with Gasteiger partial charge in [0.05, 0.1) is 0 Å². The molecule has 0 N–H and O–H groups in total. The average Bonchev–Trinajstić information content (AvgIpc) is 2.84. The average molecular weight is 309 g/mol. The molecule has 0 bridgehead atoms. The monoisotopic (exact) mass is 308 g/mol. The van der Waals surface area contributed by atoms with E-state index in [-0.39, 0.29) is 0 Å². The van der Waals surface area contributed by atoms with Crippen LogP contribution in [-0.4, -0.2) is 14.4 Å². The van der Waals surface area contributed by atoms with Gasteiger partial charge in [-0.1, -0.05) is 31.9 Å². The van der Waals surface area contributed by atoms with Gasteiger partial charge in [-0.2, -0.15) is 0 Å². The fraction of sp³-hybridized carbons (Fsp3) is 0.895. The van der Waals surface area contributed by atoms with Crippen molar-refractivity contribution in [3.63, 3.8) is 0 Å². The molecule has 0 heterocycles. The number of allylic oxidation sites excluding steroid dienone is 2. The van der Waals surface area contributed by atoms with E-state index >= 15 is 0 Å². The first-order chi connectivity index (χ1) is 9.79. The lowest BCUT2D eigenvalue weighted by molar-refractivity contribution is 0.153. The molecule has 1 nitrogen and oxygen atoms in total. The second-order valence-corrected chi connectivity index (χ2v) is 13.5. The van der Waals surface area contributed by atoms with Gasteiger partial charge in [0.2, 0.25) is 0 Å². The summed E-state index contributed by atoms with van der Waals surface area (Å²) in [4.78, 5) is 0. The van der Waals surface area contributed by atoms with E-state index in [0.717, 1.165) is 0 Å². The summed E-state index contributed by atoms with van der Waals surface area (Å²) >= 11 is 0. The van der Waals surface area contributed by atoms with E-state index in [1.165, 1.54) is 64.2 Å². The predicted molar refractivity (Wildman–Crippen MR) is 95.3 cm³/mol. The molecule has 0 amide bonds. The largest absolute Gasteiger partial charge is 0.414 e. The van der Waals surface area contributed by atoms with Crippen molar-refractivity contribution in [2.24, 2.45) is 0 Å². The molecule has 2 fully saturated rings. The molecule has 0 atom stereocenters. The Kier molecular flexibility index (Phi) is 5.75. The van der Waals surface area contributed by atoms with Crippen molar-refractivity contribution in [3.05, 3.63) is 11.1 Å². The van der Waals surface area contributed by atoms with Crippen molar-refractivity contribution < 1.29 is 4.43 Å². The first kappa shape index (κ1) is 17.3. The normalized spacial score (nSPS) is 25.9. The van der Waals surface area contributed by atoms with Crippen LogP contribution in [0.5, 0.6) is 0 Å². The Bertz CT molecular complexity index is 356. The molecule has 2 aliphatic carbocycles. The summed E-state index contributed by atoms with van der Waals surface area (Å²) in [5.41, 5.74) is 3.66. The molecule has 2 heteroatoms. The summed E-state index contributed by atoms with van der Waals surface area (Å²) in [6, 6.07) is 0. The predicted octanol–water partition coefficient (Wildman–Crippen LogP) is 6.60. The van der Waals surface area contributed by atoms with E-state index in [1.54, 1.807) is 0 Å². The minimum absolute atomic E-state index is 0.340. The first-order valence-corrected chi connectivity index (χ1v) is 12.1.